The maximum atomic E-state index is 14.1. The van der Waals surface area contributed by atoms with Crippen LogP contribution in [0.4, 0.5) is 14.6 Å². The van der Waals surface area contributed by atoms with Crippen LogP contribution >= 0.6 is 0 Å². The van der Waals surface area contributed by atoms with Gasteiger partial charge in [0.1, 0.15) is 28.8 Å². The molecule has 1 amide bonds. The van der Waals surface area contributed by atoms with Crippen LogP contribution in [0.1, 0.15) is 20.7 Å². The average molecular weight is 407 g/mol. The molecule has 6 nitrogen and oxygen atoms in total. The Balaban J connectivity index is 1.77. The van der Waals surface area contributed by atoms with E-state index in [0.717, 1.165) is 12.1 Å². The molecule has 0 fully saturated rings. The van der Waals surface area contributed by atoms with Gasteiger partial charge in [0.25, 0.3) is 5.91 Å². The SMILES string of the molecule is COC(=O)c1ccc(-c2nc3ccccn3c2NC(=O)c2ccc(F)cc2F)cc1. The molecule has 0 saturated carbocycles. The van der Waals surface area contributed by atoms with Gasteiger partial charge >= 0.3 is 5.97 Å². The van der Waals surface area contributed by atoms with Gasteiger partial charge in [-0.25, -0.2) is 18.6 Å². The Morgan fingerprint density at radius 3 is 2.50 bits per heavy atom. The first kappa shape index (κ1) is 19.3. The number of ether oxygens (including phenoxy) is 1. The van der Waals surface area contributed by atoms with E-state index in [2.05, 4.69) is 10.3 Å². The predicted octanol–water partition coefficient (Wildman–Crippen LogP) is 4.32. The summed E-state index contributed by atoms with van der Waals surface area (Å²) < 4.78 is 33.6. The Labute approximate surface area is 169 Å². The number of benzene rings is 2. The highest BCUT2D eigenvalue weighted by atomic mass is 19.1. The van der Waals surface area contributed by atoms with Crippen LogP contribution in [0.3, 0.4) is 0 Å². The number of aromatic nitrogens is 2. The first-order valence-corrected chi connectivity index (χ1v) is 8.90. The summed E-state index contributed by atoms with van der Waals surface area (Å²) in [6, 6.07) is 14.5. The van der Waals surface area contributed by atoms with E-state index in [1.807, 2.05) is 0 Å². The zero-order valence-corrected chi connectivity index (χ0v) is 15.7. The van der Waals surface area contributed by atoms with E-state index in [0.29, 0.717) is 34.4 Å². The lowest BCUT2D eigenvalue weighted by atomic mass is 10.1. The molecule has 0 spiro atoms. The summed E-state index contributed by atoms with van der Waals surface area (Å²) in [6.45, 7) is 0. The van der Waals surface area contributed by atoms with E-state index in [9.17, 15) is 18.4 Å². The van der Waals surface area contributed by atoms with Gasteiger partial charge in [-0.2, -0.15) is 0 Å². The van der Waals surface area contributed by atoms with Gasteiger partial charge < -0.3 is 10.1 Å². The zero-order chi connectivity index (χ0) is 21.3. The number of nitrogens with one attached hydrogen (secondary N) is 1. The quantitative estimate of drug-likeness (QED) is 0.512. The van der Waals surface area contributed by atoms with Crippen LogP contribution in [0, 0.1) is 11.6 Å². The van der Waals surface area contributed by atoms with Crippen LogP contribution in [-0.2, 0) is 4.74 Å². The molecule has 0 unspecified atom stereocenters. The smallest absolute Gasteiger partial charge is 0.337 e. The molecule has 150 valence electrons. The molecule has 0 saturated heterocycles. The largest absolute Gasteiger partial charge is 0.465 e. The van der Waals surface area contributed by atoms with Crippen LogP contribution < -0.4 is 5.32 Å². The van der Waals surface area contributed by atoms with Crippen molar-refractivity contribution in [2.45, 2.75) is 0 Å². The standard InChI is InChI=1S/C22H15F2N3O3/c1-30-22(29)14-7-5-13(6-8-14)19-20(27-11-3-2-4-18(27)25-19)26-21(28)16-10-9-15(23)12-17(16)24/h2-12H,1H3,(H,26,28). The molecule has 2 heterocycles. The Bertz CT molecular complexity index is 1270. The molecular formula is C22H15F2N3O3. The Hall–Kier alpha value is -4.07. The van der Waals surface area contributed by atoms with E-state index in [4.69, 9.17) is 4.74 Å². The van der Waals surface area contributed by atoms with Crippen molar-refractivity contribution in [3.63, 3.8) is 0 Å². The number of pyridine rings is 1. The fourth-order valence-corrected chi connectivity index (χ4v) is 3.05. The number of methoxy groups -OCH3 is 1. The van der Waals surface area contributed by atoms with Gasteiger partial charge in [0.05, 0.1) is 18.2 Å². The molecule has 0 aliphatic carbocycles. The molecule has 4 aromatic rings. The number of imidazole rings is 1. The van der Waals surface area contributed by atoms with E-state index in [1.165, 1.54) is 7.11 Å². The van der Waals surface area contributed by atoms with Gasteiger partial charge in [-0.3, -0.25) is 9.20 Å². The lowest BCUT2D eigenvalue weighted by Crippen LogP contribution is -2.15. The third-order valence-electron chi connectivity index (χ3n) is 4.52. The Morgan fingerprint density at radius 1 is 1.03 bits per heavy atom. The highest BCUT2D eigenvalue weighted by Gasteiger charge is 2.19. The number of rotatable bonds is 4. The maximum Gasteiger partial charge on any atom is 0.337 e. The topological polar surface area (TPSA) is 72.7 Å². The molecule has 8 heteroatoms. The first-order chi connectivity index (χ1) is 14.5. The van der Waals surface area contributed by atoms with Gasteiger partial charge in [-0.15, -0.1) is 0 Å². The second-order valence-electron chi connectivity index (χ2n) is 6.39. The summed E-state index contributed by atoms with van der Waals surface area (Å²) in [5.74, 6) is -2.65. The molecule has 2 aromatic carbocycles. The van der Waals surface area contributed by atoms with Gasteiger partial charge in [0, 0.05) is 17.8 Å². The van der Waals surface area contributed by atoms with Gasteiger partial charge in [0.2, 0.25) is 0 Å². The molecule has 1 N–H and O–H groups in total. The van der Waals surface area contributed by atoms with Crippen molar-refractivity contribution >= 4 is 23.3 Å². The van der Waals surface area contributed by atoms with Crippen molar-refractivity contribution in [3.8, 4) is 11.3 Å². The van der Waals surface area contributed by atoms with Crippen molar-refractivity contribution < 1.29 is 23.1 Å². The molecule has 0 aliphatic rings. The number of anilines is 1. The summed E-state index contributed by atoms with van der Waals surface area (Å²) in [6.07, 6.45) is 1.70. The van der Waals surface area contributed by atoms with Crippen molar-refractivity contribution in [3.05, 3.63) is 89.6 Å². The number of halogens is 2. The molecule has 4 rings (SSSR count). The van der Waals surface area contributed by atoms with Crippen molar-refractivity contribution in [1.29, 1.82) is 0 Å². The number of carbonyl (C=O) groups is 2. The number of esters is 1. The summed E-state index contributed by atoms with van der Waals surface area (Å²) >= 11 is 0. The number of nitrogens with zero attached hydrogens (tertiary/aromatic N) is 2. The second kappa shape index (κ2) is 7.75. The van der Waals surface area contributed by atoms with Crippen LogP contribution in [0.15, 0.2) is 66.9 Å². The van der Waals surface area contributed by atoms with Crippen molar-refractivity contribution in [1.82, 2.24) is 9.38 Å². The maximum absolute atomic E-state index is 14.1. The first-order valence-electron chi connectivity index (χ1n) is 8.90. The van der Waals surface area contributed by atoms with Crippen molar-refractivity contribution in [2.75, 3.05) is 12.4 Å². The number of amides is 1. The number of hydrogen-bond donors (Lipinski definition) is 1. The summed E-state index contributed by atoms with van der Waals surface area (Å²) in [5.41, 5.74) is 1.67. The Morgan fingerprint density at radius 2 is 1.80 bits per heavy atom. The summed E-state index contributed by atoms with van der Waals surface area (Å²) in [4.78, 5) is 28.9. The number of fused-ring (bicyclic) bond motifs is 1. The molecule has 0 radical (unpaired) electrons. The number of carbonyl (C=O) groups excluding carboxylic acids is 2. The van der Waals surface area contributed by atoms with Crippen LogP contribution in [0.2, 0.25) is 0 Å². The fraction of sp³-hybridized carbons (Fsp3) is 0.0455. The molecule has 0 bridgehead atoms. The van der Waals surface area contributed by atoms with Crippen LogP contribution in [-0.4, -0.2) is 28.4 Å². The van der Waals surface area contributed by atoms with Crippen LogP contribution in [0.5, 0.6) is 0 Å². The monoisotopic (exact) mass is 407 g/mol. The molecule has 0 aliphatic heterocycles. The third kappa shape index (κ3) is 3.50. The van der Waals surface area contributed by atoms with Gasteiger partial charge in [0.15, 0.2) is 0 Å². The predicted molar refractivity (Wildman–Crippen MR) is 106 cm³/mol. The minimum absolute atomic E-state index is 0.297. The number of hydrogen-bond acceptors (Lipinski definition) is 4. The Kier molecular flexibility index (Phi) is 4.97. The van der Waals surface area contributed by atoms with E-state index in [1.54, 1.807) is 53.1 Å². The lowest BCUT2D eigenvalue weighted by molar-refractivity contribution is 0.0600. The van der Waals surface area contributed by atoms with E-state index in [-0.39, 0.29) is 5.56 Å². The normalized spacial score (nSPS) is 10.8. The minimum Gasteiger partial charge on any atom is -0.465 e. The average Bonchev–Trinajstić information content (AvgIpc) is 3.11. The molecular weight excluding hydrogens is 392 g/mol. The molecule has 0 atom stereocenters. The van der Waals surface area contributed by atoms with E-state index < -0.39 is 23.5 Å². The highest BCUT2D eigenvalue weighted by molar-refractivity contribution is 6.06. The fourth-order valence-electron chi connectivity index (χ4n) is 3.05. The van der Waals surface area contributed by atoms with Crippen LogP contribution in [0.25, 0.3) is 16.9 Å². The second-order valence-corrected chi connectivity index (χ2v) is 6.39. The molecule has 2 aromatic heterocycles. The summed E-state index contributed by atoms with van der Waals surface area (Å²) in [7, 11) is 1.29. The molecule has 30 heavy (non-hydrogen) atoms. The minimum atomic E-state index is -0.967. The van der Waals surface area contributed by atoms with Gasteiger partial charge in [-0.1, -0.05) is 18.2 Å². The zero-order valence-electron chi connectivity index (χ0n) is 15.7. The van der Waals surface area contributed by atoms with E-state index >= 15 is 0 Å². The van der Waals surface area contributed by atoms with Gasteiger partial charge in [-0.05, 0) is 36.4 Å². The van der Waals surface area contributed by atoms with Crippen molar-refractivity contribution in [2.24, 2.45) is 0 Å². The highest BCUT2D eigenvalue weighted by Crippen LogP contribution is 2.29. The third-order valence-corrected chi connectivity index (χ3v) is 4.52. The lowest BCUT2D eigenvalue weighted by Gasteiger charge is -2.09. The summed E-state index contributed by atoms with van der Waals surface area (Å²) in [5, 5.41) is 2.66.